The van der Waals surface area contributed by atoms with E-state index in [0.717, 1.165) is 36.3 Å². The molecule has 1 atom stereocenters. The monoisotopic (exact) mass is 305 g/mol. The van der Waals surface area contributed by atoms with Crippen LogP contribution in [0, 0.1) is 0 Å². The first kappa shape index (κ1) is 18.0. The molecule has 1 aromatic rings. The summed E-state index contributed by atoms with van der Waals surface area (Å²) in [5.74, 6) is 0. The average Bonchev–Trinajstić information content (AvgIpc) is 2.79. The van der Waals surface area contributed by atoms with Crippen LogP contribution >= 0.6 is 0 Å². The van der Waals surface area contributed by atoms with Crippen molar-refractivity contribution < 1.29 is 13.2 Å². The molecule has 0 aromatic carbocycles. The van der Waals surface area contributed by atoms with E-state index in [9.17, 15) is 13.2 Å². The Bertz CT molecular complexity index is 438. The second-order valence-electron chi connectivity index (χ2n) is 5.28. The molecular formula is C15H26F3N3. The van der Waals surface area contributed by atoms with Gasteiger partial charge in [0.05, 0.1) is 12.1 Å². The first-order valence-electron chi connectivity index (χ1n) is 7.72. The molecule has 1 heterocycles. The van der Waals surface area contributed by atoms with E-state index in [1.807, 2.05) is 13.8 Å². The van der Waals surface area contributed by atoms with Gasteiger partial charge < -0.3 is 5.32 Å². The van der Waals surface area contributed by atoms with Crippen molar-refractivity contribution in [1.29, 1.82) is 0 Å². The lowest BCUT2D eigenvalue weighted by Gasteiger charge is -2.16. The van der Waals surface area contributed by atoms with Crippen LogP contribution in [0.25, 0.3) is 0 Å². The maximum absolute atomic E-state index is 12.4. The molecule has 0 radical (unpaired) electrons. The highest BCUT2D eigenvalue weighted by Gasteiger charge is 2.28. The van der Waals surface area contributed by atoms with E-state index in [0.29, 0.717) is 6.42 Å². The Hall–Kier alpha value is -1.04. The number of hydrogen-bond donors (Lipinski definition) is 1. The number of halogens is 3. The number of aromatic nitrogens is 2. The highest BCUT2D eigenvalue weighted by atomic mass is 19.4. The van der Waals surface area contributed by atoms with Crippen LogP contribution in [0.5, 0.6) is 0 Å². The summed E-state index contributed by atoms with van der Waals surface area (Å²) in [6.07, 6.45) is -2.52. The molecule has 21 heavy (non-hydrogen) atoms. The number of alkyl halides is 3. The molecule has 1 unspecified atom stereocenters. The second-order valence-corrected chi connectivity index (χ2v) is 5.28. The molecule has 0 spiro atoms. The van der Waals surface area contributed by atoms with Crippen LogP contribution in [0.4, 0.5) is 13.2 Å². The van der Waals surface area contributed by atoms with Gasteiger partial charge in [-0.25, -0.2) is 0 Å². The van der Waals surface area contributed by atoms with Gasteiger partial charge in [0.1, 0.15) is 0 Å². The Morgan fingerprint density at radius 2 is 1.86 bits per heavy atom. The van der Waals surface area contributed by atoms with Crippen molar-refractivity contribution >= 4 is 0 Å². The van der Waals surface area contributed by atoms with Gasteiger partial charge in [-0.05, 0) is 32.7 Å². The van der Waals surface area contributed by atoms with Crippen LogP contribution in [0.3, 0.4) is 0 Å². The summed E-state index contributed by atoms with van der Waals surface area (Å²) < 4.78 is 38.9. The van der Waals surface area contributed by atoms with Crippen LogP contribution in [-0.4, -0.2) is 22.5 Å². The maximum atomic E-state index is 12.4. The van der Waals surface area contributed by atoms with Gasteiger partial charge in [-0.1, -0.05) is 20.8 Å². The fourth-order valence-electron chi connectivity index (χ4n) is 2.58. The molecule has 6 heteroatoms. The Balaban J connectivity index is 3.03. The third-order valence-electron chi connectivity index (χ3n) is 3.59. The molecule has 0 aliphatic carbocycles. The first-order chi connectivity index (χ1) is 9.84. The smallest absolute Gasteiger partial charge is 0.310 e. The number of nitrogens with one attached hydrogen (secondary N) is 1. The summed E-state index contributed by atoms with van der Waals surface area (Å²) in [4.78, 5) is 0. The van der Waals surface area contributed by atoms with Gasteiger partial charge in [0.15, 0.2) is 0 Å². The van der Waals surface area contributed by atoms with Crippen LogP contribution in [0.2, 0.25) is 0 Å². The van der Waals surface area contributed by atoms with Gasteiger partial charge in [0.25, 0.3) is 0 Å². The fourth-order valence-corrected chi connectivity index (χ4v) is 2.58. The molecule has 0 bridgehead atoms. The fraction of sp³-hybridized carbons (Fsp3) is 0.800. The van der Waals surface area contributed by atoms with Gasteiger partial charge in [-0.3, -0.25) is 4.68 Å². The second kappa shape index (κ2) is 7.82. The van der Waals surface area contributed by atoms with E-state index in [2.05, 4.69) is 24.3 Å². The lowest BCUT2D eigenvalue weighted by atomic mass is 10.0. The molecule has 1 N–H and O–H groups in total. The lowest BCUT2D eigenvalue weighted by molar-refractivity contribution is -0.137. The molecule has 0 aliphatic rings. The normalized spacial score (nSPS) is 13.7. The summed E-state index contributed by atoms with van der Waals surface area (Å²) in [6, 6.07) is 0.120. The van der Waals surface area contributed by atoms with E-state index in [-0.39, 0.29) is 12.6 Å². The number of rotatable bonds is 8. The predicted octanol–water partition coefficient (Wildman–Crippen LogP) is 4.02. The highest BCUT2D eigenvalue weighted by molar-refractivity contribution is 5.30. The summed E-state index contributed by atoms with van der Waals surface area (Å²) in [7, 11) is 0. The molecular weight excluding hydrogens is 279 g/mol. The van der Waals surface area contributed by atoms with Crippen molar-refractivity contribution in [3.05, 3.63) is 17.0 Å². The minimum Gasteiger partial charge on any atom is -0.310 e. The average molecular weight is 305 g/mol. The SMILES string of the molecule is CCCNC(C)c1c(CC)nn(CCC(F)(F)F)c1CC. The minimum atomic E-state index is -4.14. The van der Waals surface area contributed by atoms with Crippen LogP contribution in [0.1, 0.15) is 63.5 Å². The van der Waals surface area contributed by atoms with Crippen LogP contribution in [0.15, 0.2) is 0 Å². The Morgan fingerprint density at radius 1 is 1.19 bits per heavy atom. The molecule has 1 aromatic heterocycles. The van der Waals surface area contributed by atoms with Crippen LogP contribution < -0.4 is 5.32 Å². The summed E-state index contributed by atoms with van der Waals surface area (Å²) in [5.41, 5.74) is 2.91. The molecule has 0 aliphatic heterocycles. The van der Waals surface area contributed by atoms with Gasteiger partial charge in [-0.15, -0.1) is 0 Å². The molecule has 1 rings (SSSR count). The van der Waals surface area contributed by atoms with Crippen molar-refractivity contribution in [1.82, 2.24) is 15.1 Å². The number of hydrogen-bond acceptors (Lipinski definition) is 2. The van der Waals surface area contributed by atoms with Crippen molar-refractivity contribution in [2.75, 3.05) is 6.54 Å². The molecule has 0 amide bonds. The van der Waals surface area contributed by atoms with E-state index >= 15 is 0 Å². The topological polar surface area (TPSA) is 29.9 Å². The Labute approximate surface area is 124 Å². The van der Waals surface area contributed by atoms with Crippen molar-refractivity contribution in [2.45, 2.75) is 72.1 Å². The Morgan fingerprint density at radius 3 is 2.33 bits per heavy atom. The maximum Gasteiger partial charge on any atom is 0.390 e. The van der Waals surface area contributed by atoms with Crippen molar-refractivity contribution in [3.63, 3.8) is 0 Å². The van der Waals surface area contributed by atoms with E-state index in [4.69, 9.17) is 0 Å². The minimum absolute atomic E-state index is 0.0971. The third-order valence-corrected chi connectivity index (χ3v) is 3.59. The third kappa shape index (κ3) is 5.02. The van der Waals surface area contributed by atoms with Gasteiger partial charge in [0, 0.05) is 23.8 Å². The molecule has 0 fully saturated rings. The van der Waals surface area contributed by atoms with Crippen molar-refractivity contribution in [3.8, 4) is 0 Å². The Kier molecular flexibility index (Phi) is 6.71. The summed E-state index contributed by atoms with van der Waals surface area (Å²) >= 11 is 0. The van der Waals surface area contributed by atoms with Crippen LogP contribution in [-0.2, 0) is 19.4 Å². The molecule has 0 saturated heterocycles. The van der Waals surface area contributed by atoms with E-state index in [1.54, 1.807) is 4.68 Å². The van der Waals surface area contributed by atoms with Gasteiger partial charge in [-0.2, -0.15) is 18.3 Å². The summed E-state index contributed by atoms with van der Waals surface area (Å²) in [6.45, 7) is 8.90. The van der Waals surface area contributed by atoms with E-state index < -0.39 is 12.6 Å². The first-order valence-corrected chi connectivity index (χ1v) is 7.72. The standard InChI is InChI=1S/C15H26F3N3/c1-5-9-19-11(4)14-12(6-2)20-21(13(14)7-3)10-8-15(16,17)18/h11,19H,5-10H2,1-4H3. The number of aryl methyl sites for hydroxylation is 2. The molecule has 0 saturated carbocycles. The summed E-state index contributed by atoms with van der Waals surface area (Å²) in [5, 5.41) is 7.82. The predicted molar refractivity (Wildman–Crippen MR) is 78.4 cm³/mol. The lowest BCUT2D eigenvalue weighted by Crippen LogP contribution is -2.21. The van der Waals surface area contributed by atoms with Gasteiger partial charge >= 0.3 is 6.18 Å². The largest absolute Gasteiger partial charge is 0.390 e. The van der Waals surface area contributed by atoms with E-state index in [1.165, 1.54) is 0 Å². The van der Waals surface area contributed by atoms with Crippen molar-refractivity contribution in [2.24, 2.45) is 0 Å². The molecule has 122 valence electrons. The molecule has 3 nitrogen and oxygen atoms in total. The zero-order valence-electron chi connectivity index (χ0n) is 13.3. The number of nitrogens with zero attached hydrogens (tertiary/aromatic N) is 2. The zero-order valence-corrected chi connectivity index (χ0v) is 13.3. The van der Waals surface area contributed by atoms with Gasteiger partial charge in [0.2, 0.25) is 0 Å². The zero-order chi connectivity index (χ0) is 16.0. The quantitative estimate of drug-likeness (QED) is 0.786. The highest BCUT2D eigenvalue weighted by Crippen LogP contribution is 2.26.